The number of rotatable bonds is 2. The van der Waals surface area contributed by atoms with E-state index in [-0.39, 0.29) is 35.0 Å². The summed E-state index contributed by atoms with van der Waals surface area (Å²) in [6, 6.07) is 3.34. The third-order valence-corrected chi connectivity index (χ3v) is 5.85. The van der Waals surface area contributed by atoms with Crippen molar-refractivity contribution in [3.05, 3.63) is 60.0 Å². The Bertz CT molecular complexity index is 1250. The zero-order chi connectivity index (χ0) is 25.0. The van der Waals surface area contributed by atoms with Gasteiger partial charge in [0.05, 0.1) is 34.7 Å². The minimum Gasteiger partial charge on any atom is -0.366 e. The molecule has 3 aromatic rings. The first-order valence-corrected chi connectivity index (χ1v) is 10.4. The molecule has 4 heterocycles. The fourth-order valence-electron chi connectivity index (χ4n) is 4.27. The highest BCUT2D eigenvalue weighted by atomic mass is 19.4. The van der Waals surface area contributed by atoms with Crippen LogP contribution in [0.2, 0.25) is 0 Å². The molecule has 1 atom stereocenters. The predicted molar refractivity (Wildman–Crippen MR) is 114 cm³/mol. The van der Waals surface area contributed by atoms with Crippen molar-refractivity contribution in [1.82, 2.24) is 15.0 Å². The van der Waals surface area contributed by atoms with E-state index in [1.54, 1.807) is 6.07 Å². The quantitative estimate of drug-likeness (QED) is 0.496. The van der Waals surface area contributed by atoms with Gasteiger partial charge in [-0.25, -0.2) is 14.8 Å². The Morgan fingerprint density at radius 1 is 1.00 bits per heavy atom. The fraction of sp³-hybridized carbons (Fsp3) is 0.273. The number of fused-ring (bicyclic) bond motifs is 4. The zero-order valence-electron chi connectivity index (χ0n) is 17.7. The topological polar surface area (TPSA) is 74.2 Å². The maximum atomic E-state index is 13.3. The number of nitrogens with zero attached hydrogens (tertiary/aromatic N) is 5. The number of amides is 2. The molecule has 2 aromatic heterocycles. The number of alkyl halides is 6. The van der Waals surface area contributed by atoms with Crippen LogP contribution >= 0.6 is 0 Å². The molecular weight excluding hydrogens is 478 g/mol. The van der Waals surface area contributed by atoms with Crippen LogP contribution in [0.4, 0.5) is 48.5 Å². The van der Waals surface area contributed by atoms with Crippen LogP contribution < -0.4 is 15.1 Å². The molecule has 35 heavy (non-hydrogen) atoms. The summed E-state index contributed by atoms with van der Waals surface area (Å²) in [5.41, 5.74) is -2.82. The van der Waals surface area contributed by atoms with Crippen LogP contribution in [-0.4, -0.2) is 40.1 Å². The van der Waals surface area contributed by atoms with Gasteiger partial charge < -0.3 is 4.90 Å². The highest BCUT2D eigenvalue weighted by Crippen LogP contribution is 2.42. The molecule has 2 aliphatic heterocycles. The van der Waals surface area contributed by atoms with Crippen molar-refractivity contribution in [3.8, 4) is 11.3 Å². The summed E-state index contributed by atoms with van der Waals surface area (Å²) in [5, 5.41) is 2.61. The lowest BCUT2D eigenvalue weighted by molar-refractivity contribution is -0.143. The van der Waals surface area contributed by atoms with Crippen LogP contribution in [0.15, 0.2) is 48.9 Å². The first-order chi connectivity index (χ1) is 16.5. The average molecular weight is 494 g/mol. The largest absolute Gasteiger partial charge is 0.416 e. The van der Waals surface area contributed by atoms with Crippen LogP contribution in [0, 0.1) is 0 Å². The van der Waals surface area contributed by atoms with Crippen LogP contribution in [0.5, 0.6) is 0 Å². The van der Waals surface area contributed by atoms with Gasteiger partial charge in [-0.1, -0.05) is 0 Å². The molecule has 1 saturated heterocycles. The number of benzene rings is 1. The normalized spacial score (nSPS) is 17.4. The van der Waals surface area contributed by atoms with Crippen molar-refractivity contribution < 1.29 is 31.1 Å². The van der Waals surface area contributed by atoms with Gasteiger partial charge in [0.1, 0.15) is 0 Å². The summed E-state index contributed by atoms with van der Waals surface area (Å²) in [5.74, 6) is 0.326. The van der Waals surface area contributed by atoms with E-state index in [1.807, 2.05) is 4.90 Å². The van der Waals surface area contributed by atoms with Gasteiger partial charge in [-0.15, -0.1) is 0 Å². The van der Waals surface area contributed by atoms with Crippen molar-refractivity contribution in [2.75, 3.05) is 28.2 Å². The maximum absolute atomic E-state index is 13.3. The molecule has 1 N–H and O–H groups in total. The SMILES string of the molecule is O=C(Nc1cnccn1)N1c2nc(-c3cc(C(F)(F)F)cc(C(F)(F)F)c3)ccc2N2CC[C@H]1C2. The van der Waals surface area contributed by atoms with Gasteiger partial charge >= 0.3 is 18.4 Å². The summed E-state index contributed by atoms with van der Waals surface area (Å²) in [7, 11) is 0. The minimum absolute atomic E-state index is 0.0640. The molecule has 2 bridgehead atoms. The van der Waals surface area contributed by atoms with Gasteiger partial charge in [0, 0.05) is 31.0 Å². The zero-order valence-corrected chi connectivity index (χ0v) is 17.7. The second-order valence-electron chi connectivity index (χ2n) is 8.11. The van der Waals surface area contributed by atoms with Crippen LogP contribution in [0.1, 0.15) is 17.5 Å². The van der Waals surface area contributed by atoms with Gasteiger partial charge in [-0.2, -0.15) is 26.3 Å². The Kier molecular flexibility index (Phi) is 5.29. The Morgan fingerprint density at radius 2 is 1.71 bits per heavy atom. The summed E-state index contributed by atoms with van der Waals surface area (Å²) in [6.07, 6.45) is -5.20. The van der Waals surface area contributed by atoms with Crippen LogP contribution in [0.25, 0.3) is 11.3 Å². The lowest BCUT2D eigenvalue weighted by atomic mass is 10.0. The van der Waals surface area contributed by atoms with Gasteiger partial charge in [-0.05, 0) is 36.8 Å². The number of carbonyl (C=O) groups is 1. The van der Waals surface area contributed by atoms with Gasteiger partial charge in [0.2, 0.25) is 0 Å². The number of carbonyl (C=O) groups excluding carboxylic acids is 1. The lowest BCUT2D eigenvalue weighted by Gasteiger charge is -2.35. The number of nitrogens with one attached hydrogen (secondary N) is 1. The van der Waals surface area contributed by atoms with Crippen molar-refractivity contribution in [3.63, 3.8) is 0 Å². The smallest absolute Gasteiger partial charge is 0.366 e. The van der Waals surface area contributed by atoms with Crippen LogP contribution in [-0.2, 0) is 12.4 Å². The highest BCUT2D eigenvalue weighted by Gasteiger charge is 2.41. The maximum Gasteiger partial charge on any atom is 0.416 e. The first-order valence-electron chi connectivity index (χ1n) is 10.4. The molecule has 7 nitrogen and oxygen atoms in total. The predicted octanol–water partition coefficient (Wildman–Crippen LogP) is 5.21. The van der Waals surface area contributed by atoms with E-state index in [9.17, 15) is 31.1 Å². The highest BCUT2D eigenvalue weighted by molar-refractivity contribution is 6.04. The van der Waals surface area contributed by atoms with Crippen molar-refractivity contribution >= 4 is 23.4 Å². The summed E-state index contributed by atoms with van der Waals surface area (Å²) in [4.78, 5) is 28.7. The monoisotopic (exact) mass is 494 g/mol. The Hall–Kier alpha value is -3.90. The van der Waals surface area contributed by atoms with Crippen molar-refractivity contribution in [1.29, 1.82) is 0 Å². The van der Waals surface area contributed by atoms with E-state index >= 15 is 0 Å². The third kappa shape index (κ3) is 4.33. The molecule has 0 spiro atoms. The molecule has 182 valence electrons. The molecule has 0 aliphatic carbocycles. The number of pyridine rings is 1. The molecule has 0 saturated carbocycles. The number of anilines is 3. The second-order valence-corrected chi connectivity index (χ2v) is 8.11. The number of hydrogen-bond donors (Lipinski definition) is 1. The van der Waals surface area contributed by atoms with Gasteiger partial charge in [0.15, 0.2) is 11.6 Å². The number of aromatic nitrogens is 3. The lowest BCUT2D eigenvalue weighted by Crippen LogP contribution is -2.48. The van der Waals surface area contributed by atoms with E-state index in [0.29, 0.717) is 37.3 Å². The standard InChI is InChI=1S/C22H16F6N6O/c23-21(24,25)13-7-12(8-14(9-13)22(26,27)28)16-1-2-17-19(31-16)34(15-3-6-33(17)11-15)20(35)32-18-10-29-4-5-30-18/h1-2,4-5,7-10,15H,3,6,11H2,(H,30,32,35)/t15-/m0/s1. The molecular formula is C22H16F6N6O. The molecule has 2 aliphatic rings. The number of halogens is 6. The molecule has 0 radical (unpaired) electrons. The Labute approximate surface area is 194 Å². The Balaban J connectivity index is 1.59. The number of hydrogen-bond acceptors (Lipinski definition) is 5. The van der Waals surface area contributed by atoms with Gasteiger partial charge in [-0.3, -0.25) is 15.2 Å². The summed E-state index contributed by atoms with van der Waals surface area (Å²) < 4.78 is 80.1. The van der Waals surface area contributed by atoms with E-state index in [0.717, 1.165) is 0 Å². The summed E-state index contributed by atoms with van der Waals surface area (Å²) in [6.45, 7) is 1.14. The third-order valence-electron chi connectivity index (χ3n) is 5.85. The van der Waals surface area contributed by atoms with Crippen LogP contribution in [0.3, 0.4) is 0 Å². The molecule has 0 unspecified atom stereocenters. The average Bonchev–Trinajstić information content (AvgIpc) is 3.22. The van der Waals surface area contributed by atoms with Crippen molar-refractivity contribution in [2.45, 2.75) is 24.8 Å². The van der Waals surface area contributed by atoms with E-state index in [1.165, 1.54) is 29.6 Å². The molecule has 13 heteroatoms. The summed E-state index contributed by atoms with van der Waals surface area (Å²) >= 11 is 0. The van der Waals surface area contributed by atoms with E-state index in [4.69, 9.17) is 0 Å². The molecule has 1 aromatic carbocycles. The van der Waals surface area contributed by atoms with E-state index in [2.05, 4.69) is 20.3 Å². The Morgan fingerprint density at radius 3 is 2.34 bits per heavy atom. The molecule has 5 rings (SSSR count). The fourth-order valence-corrected chi connectivity index (χ4v) is 4.27. The number of urea groups is 1. The van der Waals surface area contributed by atoms with E-state index < -0.39 is 29.5 Å². The minimum atomic E-state index is -4.99. The second kappa shape index (κ2) is 8.10. The molecule has 1 fully saturated rings. The van der Waals surface area contributed by atoms with Crippen molar-refractivity contribution in [2.24, 2.45) is 0 Å². The first kappa shape index (κ1) is 22.9. The van der Waals surface area contributed by atoms with Gasteiger partial charge in [0.25, 0.3) is 0 Å². The molecule has 2 amide bonds.